The summed E-state index contributed by atoms with van der Waals surface area (Å²) >= 11 is 7.35. The van der Waals surface area contributed by atoms with Crippen molar-refractivity contribution in [3.63, 3.8) is 0 Å². The van der Waals surface area contributed by atoms with Crippen LogP contribution in [0.25, 0.3) is 0 Å². The molecule has 0 saturated carbocycles. The zero-order chi connectivity index (χ0) is 21.3. The van der Waals surface area contributed by atoms with Crippen LogP contribution in [0.1, 0.15) is 11.1 Å². The molecule has 6 heteroatoms. The van der Waals surface area contributed by atoms with Gasteiger partial charge in [0.25, 0.3) is 5.91 Å². The highest BCUT2D eigenvalue weighted by Crippen LogP contribution is 2.27. The Morgan fingerprint density at radius 1 is 0.967 bits per heavy atom. The fourth-order valence-corrected chi connectivity index (χ4v) is 3.76. The number of carbonyl (C=O) groups is 1. The van der Waals surface area contributed by atoms with Gasteiger partial charge in [-0.15, -0.1) is 11.8 Å². The molecule has 3 aromatic carbocycles. The van der Waals surface area contributed by atoms with Gasteiger partial charge in [-0.3, -0.25) is 4.79 Å². The summed E-state index contributed by atoms with van der Waals surface area (Å²) in [6, 6.07) is 26.5. The molecule has 0 aliphatic heterocycles. The van der Waals surface area contributed by atoms with Crippen molar-refractivity contribution in [1.82, 2.24) is 0 Å². The quantitative estimate of drug-likeness (QED) is 0.335. The van der Waals surface area contributed by atoms with Crippen molar-refractivity contribution < 1.29 is 4.79 Å². The standard InChI is InChI=1S/C24H20ClN3OS/c1-17-7-5-6-10-22(17)28-23(29)21(15-26)24(27-20-8-3-2-4-9-20)30-16-18-11-13-19(25)14-12-18/h2-14,27H,16H2,1H3,(H,28,29). The summed E-state index contributed by atoms with van der Waals surface area (Å²) in [6.07, 6.45) is 0. The number of para-hydroxylation sites is 2. The van der Waals surface area contributed by atoms with E-state index in [4.69, 9.17) is 11.6 Å². The van der Waals surface area contributed by atoms with Gasteiger partial charge in [-0.25, -0.2) is 0 Å². The SMILES string of the molecule is Cc1ccccc1NC(=O)C(C#N)=C(Nc1ccccc1)SCc1ccc(Cl)cc1. The number of anilines is 2. The molecule has 4 nitrogen and oxygen atoms in total. The van der Waals surface area contributed by atoms with E-state index in [0.29, 0.717) is 21.5 Å². The number of nitrogens with zero attached hydrogens (tertiary/aromatic N) is 1. The normalized spacial score (nSPS) is 11.2. The largest absolute Gasteiger partial charge is 0.349 e. The van der Waals surface area contributed by atoms with Crippen LogP contribution < -0.4 is 10.6 Å². The predicted molar refractivity (Wildman–Crippen MR) is 125 cm³/mol. The van der Waals surface area contributed by atoms with Gasteiger partial charge in [-0.1, -0.05) is 60.1 Å². The molecule has 0 aliphatic carbocycles. The van der Waals surface area contributed by atoms with Crippen LogP contribution in [-0.2, 0) is 10.5 Å². The molecule has 0 fully saturated rings. The van der Waals surface area contributed by atoms with Gasteiger partial charge in [0.05, 0.1) is 5.03 Å². The van der Waals surface area contributed by atoms with E-state index >= 15 is 0 Å². The molecule has 3 rings (SSSR count). The lowest BCUT2D eigenvalue weighted by Crippen LogP contribution is -2.17. The summed E-state index contributed by atoms with van der Waals surface area (Å²) in [5.74, 6) is 0.128. The zero-order valence-electron chi connectivity index (χ0n) is 16.4. The van der Waals surface area contributed by atoms with Crippen molar-refractivity contribution in [1.29, 1.82) is 5.26 Å². The lowest BCUT2D eigenvalue weighted by molar-refractivity contribution is -0.112. The first-order valence-corrected chi connectivity index (χ1v) is 10.6. The number of rotatable bonds is 7. The Balaban J connectivity index is 1.88. The maximum absolute atomic E-state index is 12.9. The van der Waals surface area contributed by atoms with Crippen LogP contribution in [0.15, 0.2) is 89.5 Å². The lowest BCUT2D eigenvalue weighted by Gasteiger charge is -2.14. The first kappa shape index (κ1) is 21.5. The number of thioether (sulfide) groups is 1. The van der Waals surface area contributed by atoms with E-state index in [1.807, 2.05) is 85.8 Å². The van der Waals surface area contributed by atoms with E-state index in [-0.39, 0.29) is 5.57 Å². The Morgan fingerprint density at radius 3 is 2.30 bits per heavy atom. The number of hydrogen-bond donors (Lipinski definition) is 2. The van der Waals surface area contributed by atoms with Crippen LogP contribution in [0.4, 0.5) is 11.4 Å². The Kier molecular flexibility index (Phi) is 7.56. The molecular formula is C24H20ClN3OS. The van der Waals surface area contributed by atoms with Crippen LogP contribution in [0.5, 0.6) is 0 Å². The first-order chi connectivity index (χ1) is 14.6. The molecule has 1 amide bonds. The van der Waals surface area contributed by atoms with Crippen LogP contribution in [-0.4, -0.2) is 5.91 Å². The van der Waals surface area contributed by atoms with Crippen LogP contribution in [0.2, 0.25) is 5.02 Å². The average Bonchev–Trinajstić information content (AvgIpc) is 2.76. The summed E-state index contributed by atoms with van der Waals surface area (Å²) in [4.78, 5) is 12.9. The second-order valence-electron chi connectivity index (χ2n) is 6.49. The first-order valence-electron chi connectivity index (χ1n) is 9.27. The van der Waals surface area contributed by atoms with Gasteiger partial charge in [0.2, 0.25) is 0 Å². The number of benzene rings is 3. The second kappa shape index (κ2) is 10.5. The van der Waals surface area contributed by atoms with Gasteiger partial charge < -0.3 is 10.6 Å². The van der Waals surface area contributed by atoms with Gasteiger partial charge >= 0.3 is 0 Å². The molecule has 0 radical (unpaired) electrons. The summed E-state index contributed by atoms with van der Waals surface area (Å²) in [7, 11) is 0. The summed E-state index contributed by atoms with van der Waals surface area (Å²) in [5, 5.41) is 17.0. The summed E-state index contributed by atoms with van der Waals surface area (Å²) < 4.78 is 0. The van der Waals surface area contributed by atoms with Gasteiger partial charge in [-0.05, 0) is 48.4 Å². The third-order valence-electron chi connectivity index (χ3n) is 4.29. The van der Waals surface area contributed by atoms with Crippen molar-refractivity contribution in [2.45, 2.75) is 12.7 Å². The van der Waals surface area contributed by atoms with E-state index in [9.17, 15) is 10.1 Å². The molecule has 150 valence electrons. The molecule has 0 unspecified atom stereocenters. The summed E-state index contributed by atoms with van der Waals surface area (Å²) in [5.41, 5.74) is 3.47. The van der Waals surface area contributed by atoms with E-state index in [0.717, 1.165) is 16.8 Å². The molecule has 0 aliphatic rings. The van der Waals surface area contributed by atoms with Gasteiger partial charge in [-0.2, -0.15) is 5.26 Å². The fraction of sp³-hybridized carbons (Fsp3) is 0.0833. The number of amides is 1. The van der Waals surface area contributed by atoms with Crippen LogP contribution in [0.3, 0.4) is 0 Å². The zero-order valence-corrected chi connectivity index (χ0v) is 17.9. The molecule has 3 aromatic rings. The van der Waals surface area contributed by atoms with E-state index < -0.39 is 5.91 Å². The molecule has 0 saturated heterocycles. The molecule has 2 N–H and O–H groups in total. The molecule has 0 atom stereocenters. The maximum atomic E-state index is 12.9. The molecule has 30 heavy (non-hydrogen) atoms. The number of hydrogen-bond acceptors (Lipinski definition) is 4. The van der Waals surface area contributed by atoms with Crippen molar-refractivity contribution in [3.8, 4) is 6.07 Å². The number of aryl methyl sites for hydroxylation is 1. The highest BCUT2D eigenvalue weighted by atomic mass is 35.5. The smallest absolute Gasteiger partial charge is 0.269 e. The van der Waals surface area contributed by atoms with E-state index in [2.05, 4.69) is 16.7 Å². The van der Waals surface area contributed by atoms with Gasteiger partial charge in [0, 0.05) is 22.2 Å². The molecule has 0 spiro atoms. The molecule has 0 aromatic heterocycles. The molecular weight excluding hydrogens is 414 g/mol. The highest BCUT2D eigenvalue weighted by Gasteiger charge is 2.18. The Hall–Kier alpha value is -3.20. The predicted octanol–water partition coefficient (Wildman–Crippen LogP) is 6.37. The number of carbonyl (C=O) groups excluding carboxylic acids is 1. The van der Waals surface area contributed by atoms with Crippen molar-refractivity contribution >= 4 is 40.6 Å². The van der Waals surface area contributed by atoms with Crippen LogP contribution in [0, 0.1) is 18.3 Å². The number of halogens is 1. The third kappa shape index (κ3) is 5.90. The van der Waals surface area contributed by atoms with E-state index in [1.165, 1.54) is 11.8 Å². The van der Waals surface area contributed by atoms with Gasteiger partial charge in [0.15, 0.2) is 0 Å². The topological polar surface area (TPSA) is 64.9 Å². The second-order valence-corrected chi connectivity index (χ2v) is 7.91. The summed E-state index contributed by atoms with van der Waals surface area (Å²) in [6.45, 7) is 1.91. The fourth-order valence-electron chi connectivity index (χ4n) is 2.66. The average molecular weight is 434 g/mol. The third-order valence-corrected chi connectivity index (χ3v) is 5.61. The minimum Gasteiger partial charge on any atom is -0.349 e. The van der Waals surface area contributed by atoms with Crippen molar-refractivity contribution in [2.75, 3.05) is 10.6 Å². The molecule has 0 heterocycles. The minimum absolute atomic E-state index is 0.0288. The van der Waals surface area contributed by atoms with Crippen molar-refractivity contribution in [2.24, 2.45) is 0 Å². The Bertz CT molecular complexity index is 1090. The van der Waals surface area contributed by atoms with Crippen LogP contribution >= 0.6 is 23.4 Å². The monoisotopic (exact) mass is 433 g/mol. The maximum Gasteiger partial charge on any atom is 0.269 e. The highest BCUT2D eigenvalue weighted by molar-refractivity contribution is 8.02. The van der Waals surface area contributed by atoms with E-state index in [1.54, 1.807) is 0 Å². The number of nitrogens with one attached hydrogen (secondary N) is 2. The minimum atomic E-state index is -0.450. The Morgan fingerprint density at radius 2 is 1.63 bits per heavy atom. The Labute approximate surface area is 185 Å². The van der Waals surface area contributed by atoms with Gasteiger partial charge in [0.1, 0.15) is 11.6 Å². The lowest BCUT2D eigenvalue weighted by atomic mass is 10.2. The molecule has 0 bridgehead atoms. The van der Waals surface area contributed by atoms with Crippen molar-refractivity contribution in [3.05, 3.63) is 106 Å². The number of nitriles is 1.